The van der Waals surface area contributed by atoms with Gasteiger partial charge in [-0.1, -0.05) is 19.3 Å². The number of hydrogen-bond acceptors (Lipinski definition) is 5. The molecule has 2 rings (SSSR count). The predicted octanol–water partition coefficient (Wildman–Crippen LogP) is 2.75. The summed E-state index contributed by atoms with van der Waals surface area (Å²) in [5.74, 6) is -0.776. The quantitative estimate of drug-likeness (QED) is 0.728. The molecule has 0 amide bonds. The summed E-state index contributed by atoms with van der Waals surface area (Å²) in [6.45, 7) is 0. The molecule has 0 spiro atoms. The van der Waals surface area contributed by atoms with Crippen molar-refractivity contribution in [3.63, 3.8) is 0 Å². The summed E-state index contributed by atoms with van der Waals surface area (Å²) < 4.78 is 38.4. The zero-order valence-electron chi connectivity index (χ0n) is 15.3. The average molecular weight is 383 g/mol. The van der Waals surface area contributed by atoms with Crippen LogP contribution in [0.4, 0.5) is 0 Å². The Labute approximate surface area is 154 Å². The first-order valence-electron chi connectivity index (χ1n) is 8.46. The molecule has 144 valence electrons. The van der Waals surface area contributed by atoms with Crippen molar-refractivity contribution >= 4 is 22.1 Å². The van der Waals surface area contributed by atoms with E-state index in [1.807, 2.05) is 0 Å². The number of hydrogen-bond donors (Lipinski definition) is 1. The summed E-state index contributed by atoms with van der Waals surface area (Å²) in [4.78, 5) is 10.7. The van der Waals surface area contributed by atoms with Gasteiger partial charge in [0.15, 0.2) is 11.5 Å². The van der Waals surface area contributed by atoms with Crippen LogP contribution in [0.3, 0.4) is 0 Å². The Balaban J connectivity index is 2.53. The molecule has 0 aromatic heterocycles. The van der Waals surface area contributed by atoms with Gasteiger partial charge in [-0.25, -0.2) is 13.2 Å². The van der Waals surface area contributed by atoms with Crippen LogP contribution in [0.1, 0.15) is 37.7 Å². The van der Waals surface area contributed by atoms with Crippen LogP contribution in [0, 0.1) is 0 Å². The molecule has 1 aliphatic rings. The van der Waals surface area contributed by atoms with E-state index < -0.39 is 16.0 Å². The van der Waals surface area contributed by atoms with Gasteiger partial charge in [-0.15, -0.1) is 0 Å². The van der Waals surface area contributed by atoms with Crippen LogP contribution in [0.5, 0.6) is 11.5 Å². The number of carboxylic acid groups (broad SMARTS) is 1. The fourth-order valence-electron chi connectivity index (χ4n) is 3.20. The second kappa shape index (κ2) is 8.55. The number of nitrogens with zero attached hydrogens (tertiary/aromatic N) is 1. The van der Waals surface area contributed by atoms with Gasteiger partial charge < -0.3 is 14.6 Å². The third-order valence-corrected chi connectivity index (χ3v) is 6.55. The fraction of sp³-hybridized carbons (Fsp3) is 0.500. The van der Waals surface area contributed by atoms with Crippen LogP contribution in [0.15, 0.2) is 23.1 Å². The lowest BCUT2D eigenvalue weighted by Crippen LogP contribution is -2.38. The lowest BCUT2D eigenvalue weighted by Gasteiger charge is -2.31. The maximum Gasteiger partial charge on any atom is 0.328 e. The van der Waals surface area contributed by atoms with E-state index in [0.29, 0.717) is 5.56 Å². The third-order valence-electron chi connectivity index (χ3n) is 4.63. The van der Waals surface area contributed by atoms with E-state index in [1.54, 1.807) is 7.05 Å². The van der Waals surface area contributed by atoms with E-state index in [4.69, 9.17) is 14.6 Å². The SMILES string of the molecule is COc1cc(C=CC(=O)O)cc(S(=O)(=O)N(C)C2CCCCC2)c1OC. The summed E-state index contributed by atoms with van der Waals surface area (Å²) in [7, 11) is 0.538. The smallest absolute Gasteiger partial charge is 0.328 e. The highest BCUT2D eigenvalue weighted by molar-refractivity contribution is 7.89. The van der Waals surface area contributed by atoms with Gasteiger partial charge in [0, 0.05) is 19.2 Å². The topological polar surface area (TPSA) is 93.1 Å². The van der Waals surface area contributed by atoms with Crippen molar-refractivity contribution in [1.29, 1.82) is 0 Å². The molecule has 0 bridgehead atoms. The number of sulfonamides is 1. The molecule has 0 saturated heterocycles. The van der Waals surface area contributed by atoms with Gasteiger partial charge in [0.05, 0.1) is 14.2 Å². The van der Waals surface area contributed by atoms with E-state index in [2.05, 4.69) is 0 Å². The van der Waals surface area contributed by atoms with Crippen LogP contribution in [-0.4, -0.2) is 51.1 Å². The van der Waals surface area contributed by atoms with Gasteiger partial charge in [0.25, 0.3) is 0 Å². The molecule has 1 N–H and O–H groups in total. The molecule has 1 saturated carbocycles. The summed E-state index contributed by atoms with van der Waals surface area (Å²) in [6, 6.07) is 2.90. The standard InChI is InChI=1S/C18H25NO6S/c1-19(14-7-5-4-6-8-14)26(22,23)16-12-13(9-10-17(20)21)11-15(24-2)18(16)25-3/h9-12,14H,4-8H2,1-3H3,(H,20,21). The van der Waals surface area contributed by atoms with Crippen molar-refractivity contribution in [3.05, 3.63) is 23.8 Å². The van der Waals surface area contributed by atoms with Crippen molar-refractivity contribution in [3.8, 4) is 11.5 Å². The minimum atomic E-state index is -3.83. The lowest BCUT2D eigenvalue weighted by molar-refractivity contribution is -0.131. The van der Waals surface area contributed by atoms with Crippen molar-refractivity contribution < 1.29 is 27.8 Å². The Morgan fingerprint density at radius 2 is 1.85 bits per heavy atom. The van der Waals surface area contributed by atoms with Crippen molar-refractivity contribution in [1.82, 2.24) is 4.31 Å². The lowest BCUT2D eigenvalue weighted by atomic mass is 9.96. The van der Waals surface area contributed by atoms with Gasteiger partial charge in [-0.3, -0.25) is 0 Å². The molecular formula is C18H25NO6S. The molecule has 0 heterocycles. The molecule has 26 heavy (non-hydrogen) atoms. The van der Waals surface area contributed by atoms with E-state index in [1.165, 1.54) is 36.7 Å². The minimum absolute atomic E-state index is 0.0301. The first-order chi connectivity index (χ1) is 12.3. The zero-order chi connectivity index (χ0) is 19.3. The zero-order valence-corrected chi connectivity index (χ0v) is 16.1. The van der Waals surface area contributed by atoms with Gasteiger partial charge in [-0.2, -0.15) is 4.31 Å². The summed E-state index contributed by atoms with van der Waals surface area (Å²) in [5, 5.41) is 8.82. The van der Waals surface area contributed by atoms with Crippen LogP contribution < -0.4 is 9.47 Å². The molecule has 0 aliphatic heterocycles. The van der Waals surface area contributed by atoms with Crippen molar-refractivity contribution in [2.45, 2.75) is 43.0 Å². The number of carbonyl (C=O) groups is 1. The van der Waals surface area contributed by atoms with Crippen molar-refractivity contribution in [2.75, 3.05) is 21.3 Å². The minimum Gasteiger partial charge on any atom is -0.493 e. The number of ether oxygens (including phenoxy) is 2. The molecule has 0 atom stereocenters. The predicted molar refractivity (Wildman–Crippen MR) is 98.0 cm³/mol. The monoisotopic (exact) mass is 383 g/mol. The van der Waals surface area contributed by atoms with Gasteiger partial charge in [0.2, 0.25) is 10.0 Å². The highest BCUT2D eigenvalue weighted by Crippen LogP contribution is 2.38. The Hall–Kier alpha value is -2.06. The Bertz CT molecular complexity index is 781. The largest absolute Gasteiger partial charge is 0.493 e. The normalized spacial score (nSPS) is 16.2. The Morgan fingerprint density at radius 1 is 1.19 bits per heavy atom. The Kier molecular flexibility index (Phi) is 6.66. The van der Waals surface area contributed by atoms with E-state index in [9.17, 15) is 13.2 Å². The van der Waals surface area contributed by atoms with Gasteiger partial charge in [0.1, 0.15) is 4.90 Å². The molecule has 1 aromatic rings. The average Bonchev–Trinajstić information content (AvgIpc) is 2.65. The molecule has 0 radical (unpaired) electrons. The second-order valence-electron chi connectivity index (χ2n) is 6.24. The van der Waals surface area contributed by atoms with Crippen LogP contribution in [0.2, 0.25) is 0 Å². The molecule has 0 unspecified atom stereocenters. The van der Waals surface area contributed by atoms with Gasteiger partial charge in [-0.05, 0) is 36.6 Å². The van der Waals surface area contributed by atoms with Gasteiger partial charge >= 0.3 is 5.97 Å². The molecule has 1 aromatic carbocycles. The van der Waals surface area contributed by atoms with E-state index in [0.717, 1.165) is 38.2 Å². The highest BCUT2D eigenvalue weighted by Gasteiger charge is 2.32. The fourth-order valence-corrected chi connectivity index (χ4v) is 4.82. The first-order valence-corrected chi connectivity index (χ1v) is 9.90. The number of aliphatic carboxylic acids is 1. The molecule has 1 aliphatic carbocycles. The molecule has 1 fully saturated rings. The molecule has 8 heteroatoms. The third kappa shape index (κ3) is 4.37. The number of rotatable bonds is 7. The number of methoxy groups -OCH3 is 2. The maximum atomic E-state index is 13.2. The van der Waals surface area contributed by atoms with Crippen LogP contribution in [0.25, 0.3) is 6.08 Å². The van der Waals surface area contributed by atoms with Crippen LogP contribution in [-0.2, 0) is 14.8 Å². The summed E-state index contributed by atoms with van der Waals surface area (Å²) >= 11 is 0. The highest BCUT2D eigenvalue weighted by atomic mass is 32.2. The molecular weight excluding hydrogens is 358 g/mol. The second-order valence-corrected chi connectivity index (χ2v) is 8.21. The first kappa shape index (κ1) is 20.3. The maximum absolute atomic E-state index is 13.2. The summed E-state index contributed by atoms with van der Waals surface area (Å²) in [6.07, 6.45) is 7.06. The van der Waals surface area contributed by atoms with Crippen molar-refractivity contribution in [2.24, 2.45) is 0 Å². The summed E-state index contributed by atoms with van der Waals surface area (Å²) in [5.41, 5.74) is 0.403. The number of carboxylic acids is 1. The number of benzene rings is 1. The van der Waals surface area contributed by atoms with E-state index >= 15 is 0 Å². The van der Waals surface area contributed by atoms with E-state index in [-0.39, 0.29) is 22.4 Å². The Morgan fingerprint density at radius 3 is 2.38 bits per heavy atom. The molecule has 7 nitrogen and oxygen atoms in total. The van der Waals surface area contributed by atoms with Crippen LogP contribution >= 0.6 is 0 Å².